The van der Waals surface area contributed by atoms with Crippen molar-refractivity contribution in [3.8, 4) is 5.88 Å². The molecule has 0 radical (unpaired) electrons. The van der Waals surface area contributed by atoms with Crippen LogP contribution in [0.15, 0.2) is 36.4 Å². The lowest BCUT2D eigenvalue weighted by molar-refractivity contribution is 0.0492. The van der Waals surface area contributed by atoms with Crippen molar-refractivity contribution >= 4 is 12.1 Å². The maximum Gasteiger partial charge on any atom is 0.407 e. The van der Waals surface area contributed by atoms with Gasteiger partial charge in [0.2, 0.25) is 5.88 Å². The van der Waals surface area contributed by atoms with Gasteiger partial charge in [0.15, 0.2) is 5.69 Å². The van der Waals surface area contributed by atoms with Crippen molar-refractivity contribution in [1.29, 1.82) is 0 Å². The van der Waals surface area contributed by atoms with Gasteiger partial charge in [-0.05, 0) is 33.3 Å². The van der Waals surface area contributed by atoms with Crippen LogP contribution >= 0.6 is 0 Å². The Morgan fingerprint density at radius 1 is 1.26 bits per heavy atom. The molecule has 8 nitrogen and oxygen atoms in total. The fourth-order valence-electron chi connectivity index (χ4n) is 2.27. The van der Waals surface area contributed by atoms with Gasteiger partial charge in [0.05, 0.1) is 12.6 Å². The topological polar surface area (TPSA) is 103 Å². The lowest BCUT2D eigenvalue weighted by Crippen LogP contribution is -2.40. The molecule has 1 amide bonds. The average molecular weight is 375 g/mol. The van der Waals surface area contributed by atoms with Crippen molar-refractivity contribution in [3.63, 3.8) is 0 Å². The number of nitrogens with zero attached hydrogens (tertiary/aromatic N) is 2. The SMILES string of the molecule is C[C@@H](COc1cc(C(=O)O)n(Cc2ccccc2)n1)NC(=O)OC(C)(C)C. The van der Waals surface area contributed by atoms with E-state index in [-0.39, 0.29) is 24.2 Å². The summed E-state index contributed by atoms with van der Waals surface area (Å²) in [5.41, 5.74) is 0.369. The second kappa shape index (κ2) is 8.57. The first kappa shape index (κ1) is 20.3. The van der Waals surface area contributed by atoms with Gasteiger partial charge >= 0.3 is 12.1 Å². The number of ether oxygens (including phenoxy) is 2. The minimum atomic E-state index is -1.09. The monoisotopic (exact) mass is 375 g/mol. The van der Waals surface area contributed by atoms with E-state index >= 15 is 0 Å². The van der Waals surface area contributed by atoms with Gasteiger partial charge in [-0.25, -0.2) is 14.3 Å². The summed E-state index contributed by atoms with van der Waals surface area (Å²) in [5, 5.41) is 16.2. The highest BCUT2D eigenvalue weighted by molar-refractivity contribution is 5.86. The number of amides is 1. The molecule has 0 aliphatic carbocycles. The van der Waals surface area contributed by atoms with E-state index < -0.39 is 17.7 Å². The molecule has 1 atom stereocenters. The highest BCUT2D eigenvalue weighted by Gasteiger charge is 2.19. The average Bonchev–Trinajstić information content (AvgIpc) is 2.95. The summed E-state index contributed by atoms with van der Waals surface area (Å²) in [7, 11) is 0. The number of nitrogens with one attached hydrogen (secondary N) is 1. The maximum atomic E-state index is 11.7. The first-order valence-electron chi connectivity index (χ1n) is 8.61. The molecular formula is C19H25N3O5. The Kier molecular flexibility index (Phi) is 6.44. The molecule has 0 saturated carbocycles. The lowest BCUT2D eigenvalue weighted by atomic mass is 10.2. The standard InChI is InChI=1S/C19H25N3O5/c1-13(20-18(25)27-19(2,3)4)12-26-16-10-15(17(23)24)22(21-16)11-14-8-6-5-7-9-14/h5-10,13H,11-12H2,1-4H3,(H,20,25)(H,23,24)/t13-/m0/s1. The number of hydrogen-bond donors (Lipinski definition) is 2. The number of alkyl carbamates (subject to hydrolysis) is 1. The first-order chi connectivity index (χ1) is 12.6. The van der Waals surface area contributed by atoms with Crippen molar-refractivity contribution in [2.24, 2.45) is 0 Å². The number of carboxylic acids is 1. The fourth-order valence-corrected chi connectivity index (χ4v) is 2.27. The fraction of sp³-hybridized carbons (Fsp3) is 0.421. The van der Waals surface area contributed by atoms with E-state index in [1.807, 2.05) is 30.3 Å². The van der Waals surface area contributed by atoms with Crippen molar-refractivity contribution in [3.05, 3.63) is 47.7 Å². The Bertz CT molecular complexity index is 780. The second-order valence-corrected chi connectivity index (χ2v) is 7.17. The number of hydrogen-bond acceptors (Lipinski definition) is 5. The van der Waals surface area contributed by atoms with E-state index in [1.165, 1.54) is 10.7 Å². The Hall–Kier alpha value is -3.03. The third kappa shape index (κ3) is 6.65. The minimum Gasteiger partial charge on any atom is -0.477 e. The van der Waals surface area contributed by atoms with Crippen molar-refractivity contribution < 1.29 is 24.2 Å². The molecule has 0 fully saturated rings. The Labute approximate surface area is 158 Å². The summed E-state index contributed by atoms with van der Waals surface area (Å²) >= 11 is 0. The molecule has 1 aromatic heterocycles. The van der Waals surface area contributed by atoms with Gasteiger partial charge in [-0.15, -0.1) is 5.10 Å². The van der Waals surface area contributed by atoms with Crippen LogP contribution < -0.4 is 10.1 Å². The van der Waals surface area contributed by atoms with Crippen LogP contribution in [0.4, 0.5) is 4.79 Å². The molecule has 0 unspecified atom stereocenters. The maximum absolute atomic E-state index is 11.7. The van der Waals surface area contributed by atoms with E-state index in [0.717, 1.165) is 5.56 Å². The van der Waals surface area contributed by atoms with Crippen molar-refractivity contribution in [1.82, 2.24) is 15.1 Å². The molecule has 1 heterocycles. The van der Waals surface area contributed by atoms with E-state index in [1.54, 1.807) is 27.7 Å². The summed E-state index contributed by atoms with van der Waals surface area (Å²) in [6, 6.07) is 10.4. The van der Waals surface area contributed by atoms with Gasteiger partial charge < -0.3 is 19.9 Å². The molecule has 0 aliphatic heterocycles. The van der Waals surface area contributed by atoms with Gasteiger partial charge in [-0.1, -0.05) is 30.3 Å². The number of carboxylic acid groups (broad SMARTS) is 1. The molecule has 0 bridgehead atoms. The first-order valence-corrected chi connectivity index (χ1v) is 8.61. The Balaban J connectivity index is 1.97. The minimum absolute atomic E-state index is 0.0293. The predicted molar refractivity (Wildman–Crippen MR) is 99.1 cm³/mol. The predicted octanol–water partition coefficient (Wildman–Crippen LogP) is 2.92. The number of carbonyl (C=O) groups excluding carboxylic acids is 1. The van der Waals surface area contributed by atoms with E-state index in [0.29, 0.717) is 6.54 Å². The highest BCUT2D eigenvalue weighted by atomic mass is 16.6. The summed E-state index contributed by atoms with van der Waals surface area (Å²) in [6.07, 6.45) is -0.542. The van der Waals surface area contributed by atoms with E-state index in [4.69, 9.17) is 9.47 Å². The van der Waals surface area contributed by atoms with Gasteiger partial charge in [-0.3, -0.25) is 0 Å². The number of aromatic carboxylic acids is 1. The molecule has 0 aliphatic rings. The molecule has 8 heteroatoms. The van der Waals surface area contributed by atoms with Crippen LogP contribution in [0.25, 0.3) is 0 Å². The van der Waals surface area contributed by atoms with Crippen molar-refractivity contribution in [2.45, 2.75) is 45.9 Å². The zero-order chi connectivity index (χ0) is 20.0. The molecule has 27 heavy (non-hydrogen) atoms. The summed E-state index contributed by atoms with van der Waals surface area (Å²) in [4.78, 5) is 23.2. The van der Waals surface area contributed by atoms with E-state index in [9.17, 15) is 14.7 Å². The van der Waals surface area contributed by atoms with Crippen LogP contribution in [0.2, 0.25) is 0 Å². The molecule has 2 N–H and O–H groups in total. The molecule has 2 rings (SSSR count). The van der Waals surface area contributed by atoms with Gasteiger partial charge in [0, 0.05) is 6.07 Å². The zero-order valence-corrected chi connectivity index (χ0v) is 15.9. The summed E-state index contributed by atoms with van der Waals surface area (Å²) in [5.74, 6) is -0.908. The summed E-state index contributed by atoms with van der Waals surface area (Å²) < 4.78 is 12.1. The van der Waals surface area contributed by atoms with Crippen LogP contribution in [0, 0.1) is 0 Å². The van der Waals surface area contributed by atoms with Crippen LogP contribution in [0.5, 0.6) is 5.88 Å². The Morgan fingerprint density at radius 2 is 1.93 bits per heavy atom. The molecule has 146 valence electrons. The second-order valence-electron chi connectivity index (χ2n) is 7.17. The number of aromatic nitrogens is 2. The molecule has 1 aromatic carbocycles. The quantitative estimate of drug-likeness (QED) is 0.771. The van der Waals surface area contributed by atoms with Gasteiger partial charge in [0.1, 0.15) is 12.2 Å². The highest BCUT2D eigenvalue weighted by Crippen LogP contribution is 2.15. The number of rotatable bonds is 7. The van der Waals surface area contributed by atoms with Crippen LogP contribution in [-0.2, 0) is 11.3 Å². The van der Waals surface area contributed by atoms with Crippen LogP contribution in [0.3, 0.4) is 0 Å². The van der Waals surface area contributed by atoms with Crippen LogP contribution in [-0.4, -0.2) is 45.2 Å². The molecule has 0 spiro atoms. The van der Waals surface area contributed by atoms with Crippen LogP contribution in [0.1, 0.15) is 43.7 Å². The molecule has 0 saturated heterocycles. The number of carbonyl (C=O) groups is 2. The molecular weight excluding hydrogens is 350 g/mol. The normalized spacial score (nSPS) is 12.3. The van der Waals surface area contributed by atoms with E-state index in [2.05, 4.69) is 10.4 Å². The smallest absolute Gasteiger partial charge is 0.407 e. The van der Waals surface area contributed by atoms with Crippen molar-refractivity contribution in [2.75, 3.05) is 6.61 Å². The van der Waals surface area contributed by atoms with Gasteiger partial charge in [-0.2, -0.15) is 0 Å². The lowest BCUT2D eigenvalue weighted by Gasteiger charge is -2.21. The third-order valence-corrected chi connectivity index (χ3v) is 3.40. The third-order valence-electron chi connectivity index (χ3n) is 3.40. The Morgan fingerprint density at radius 3 is 2.52 bits per heavy atom. The number of benzene rings is 1. The summed E-state index contributed by atoms with van der Waals surface area (Å²) in [6.45, 7) is 7.53. The molecule has 2 aromatic rings. The van der Waals surface area contributed by atoms with Gasteiger partial charge in [0.25, 0.3) is 0 Å². The largest absolute Gasteiger partial charge is 0.477 e. The zero-order valence-electron chi connectivity index (χ0n) is 15.9.